The van der Waals surface area contributed by atoms with Gasteiger partial charge in [-0.15, -0.1) is 11.3 Å². The fourth-order valence-corrected chi connectivity index (χ4v) is 2.64. The highest BCUT2D eigenvalue weighted by Crippen LogP contribution is 2.15. The molecule has 5 nitrogen and oxygen atoms in total. The number of aromatic hydroxyl groups is 1. The molecular formula is C15H19N3O2S. The Balaban J connectivity index is 1.75. The summed E-state index contributed by atoms with van der Waals surface area (Å²) in [6, 6.07) is 6.70. The third-order valence-electron chi connectivity index (χ3n) is 3.04. The minimum absolute atomic E-state index is 0.115. The van der Waals surface area contributed by atoms with Gasteiger partial charge in [-0.1, -0.05) is 12.1 Å². The molecule has 0 aliphatic heterocycles. The summed E-state index contributed by atoms with van der Waals surface area (Å²) in [7, 11) is 0. The number of carbonyl (C=O) groups is 1. The predicted molar refractivity (Wildman–Crippen MR) is 83.6 cm³/mol. The Labute approximate surface area is 128 Å². The van der Waals surface area contributed by atoms with Gasteiger partial charge in [-0.3, -0.25) is 0 Å². The first kappa shape index (κ1) is 15.3. The van der Waals surface area contributed by atoms with Crippen molar-refractivity contribution < 1.29 is 9.90 Å². The standard InChI is InChI=1S/C15H19N3O2S/c1-10(14-9-21-11(2)18-14)17-15(20)16-7-6-12-4-3-5-13(19)8-12/h3-5,8-10,19H,6-7H2,1-2H3,(H2,16,17,20)/t10-/m1/s1. The lowest BCUT2D eigenvalue weighted by molar-refractivity contribution is 0.238. The maximum Gasteiger partial charge on any atom is 0.315 e. The summed E-state index contributed by atoms with van der Waals surface area (Å²) in [5.41, 5.74) is 1.86. The zero-order valence-corrected chi connectivity index (χ0v) is 12.9. The Bertz CT molecular complexity index is 612. The van der Waals surface area contributed by atoms with Crippen LogP contribution in [0.15, 0.2) is 29.6 Å². The molecule has 0 fully saturated rings. The van der Waals surface area contributed by atoms with Gasteiger partial charge in [-0.25, -0.2) is 9.78 Å². The van der Waals surface area contributed by atoms with Crippen molar-refractivity contribution in [1.29, 1.82) is 0 Å². The lowest BCUT2D eigenvalue weighted by atomic mass is 10.1. The number of rotatable bonds is 5. The van der Waals surface area contributed by atoms with Gasteiger partial charge in [-0.05, 0) is 38.0 Å². The van der Waals surface area contributed by atoms with Gasteiger partial charge in [0.2, 0.25) is 0 Å². The summed E-state index contributed by atoms with van der Waals surface area (Å²) in [4.78, 5) is 16.1. The van der Waals surface area contributed by atoms with Gasteiger partial charge < -0.3 is 15.7 Å². The average Bonchev–Trinajstić information content (AvgIpc) is 2.85. The number of aromatic nitrogens is 1. The summed E-state index contributed by atoms with van der Waals surface area (Å²) in [6.07, 6.45) is 0.673. The Kier molecular flexibility index (Phi) is 5.16. The van der Waals surface area contributed by atoms with E-state index in [0.29, 0.717) is 13.0 Å². The van der Waals surface area contributed by atoms with E-state index >= 15 is 0 Å². The zero-order valence-electron chi connectivity index (χ0n) is 12.1. The molecule has 112 valence electrons. The second-order valence-electron chi connectivity index (χ2n) is 4.83. The van der Waals surface area contributed by atoms with Gasteiger partial charge in [0.1, 0.15) is 5.75 Å². The van der Waals surface area contributed by atoms with E-state index in [2.05, 4.69) is 15.6 Å². The highest BCUT2D eigenvalue weighted by Gasteiger charge is 2.11. The molecule has 0 aliphatic carbocycles. The molecule has 0 radical (unpaired) electrons. The van der Waals surface area contributed by atoms with Crippen molar-refractivity contribution in [3.63, 3.8) is 0 Å². The number of nitrogens with zero attached hydrogens (tertiary/aromatic N) is 1. The molecule has 2 rings (SSSR count). The van der Waals surface area contributed by atoms with Crippen LogP contribution < -0.4 is 10.6 Å². The van der Waals surface area contributed by atoms with Crippen LogP contribution in [0.1, 0.15) is 29.2 Å². The van der Waals surface area contributed by atoms with E-state index in [0.717, 1.165) is 16.3 Å². The Morgan fingerprint density at radius 2 is 2.29 bits per heavy atom. The maximum absolute atomic E-state index is 11.8. The van der Waals surface area contributed by atoms with Crippen LogP contribution in [0.3, 0.4) is 0 Å². The van der Waals surface area contributed by atoms with E-state index in [9.17, 15) is 9.90 Å². The average molecular weight is 305 g/mol. The van der Waals surface area contributed by atoms with Crippen LogP contribution in [0.4, 0.5) is 4.79 Å². The number of carbonyl (C=O) groups excluding carboxylic acids is 1. The zero-order chi connectivity index (χ0) is 15.2. The highest BCUT2D eigenvalue weighted by molar-refractivity contribution is 7.09. The van der Waals surface area contributed by atoms with Crippen molar-refractivity contribution in [3.8, 4) is 5.75 Å². The maximum atomic E-state index is 11.8. The SMILES string of the molecule is Cc1nc([C@@H](C)NC(=O)NCCc2cccc(O)c2)cs1. The molecule has 0 bridgehead atoms. The van der Waals surface area contributed by atoms with E-state index in [1.807, 2.05) is 25.3 Å². The molecule has 21 heavy (non-hydrogen) atoms. The van der Waals surface area contributed by atoms with E-state index in [1.54, 1.807) is 29.5 Å². The van der Waals surface area contributed by atoms with Crippen molar-refractivity contribution >= 4 is 17.4 Å². The molecule has 2 aromatic rings. The third kappa shape index (κ3) is 4.75. The van der Waals surface area contributed by atoms with Gasteiger partial charge in [0.05, 0.1) is 16.7 Å². The number of hydrogen-bond donors (Lipinski definition) is 3. The first-order valence-corrected chi connectivity index (χ1v) is 7.67. The first-order chi connectivity index (χ1) is 10.0. The molecule has 0 spiro atoms. The fraction of sp³-hybridized carbons (Fsp3) is 0.333. The summed E-state index contributed by atoms with van der Waals surface area (Å²) in [6.45, 7) is 4.36. The predicted octanol–water partition coefficient (Wildman–Crippen LogP) is 2.76. The number of urea groups is 1. The molecule has 1 atom stereocenters. The van der Waals surface area contributed by atoms with Crippen LogP contribution in [-0.4, -0.2) is 22.7 Å². The lowest BCUT2D eigenvalue weighted by Gasteiger charge is -2.12. The molecule has 1 heterocycles. The van der Waals surface area contributed by atoms with Crippen LogP contribution in [0.5, 0.6) is 5.75 Å². The number of nitrogens with one attached hydrogen (secondary N) is 2. The Hall–Kier alpha value is -2.08. The normalized spacial score (nSPS) is 11.9. The molecular weight excluding hydrogens is 286 g/mol. The summed E-state index contributed by atoms with van der Waals surface area (Å²) >= 11 is 1.57. The fourth-order valence-electron chi connectivity index (χ4n) is 1.93. The second-order valence-corrected chi connectivity index (χ2v) is 5.90. The van der Waals surface area contributed by atoms with E-state index in [4.69, 9.17) is 0 Å². The van der Waals surface area contributed by atoms with Crippen LogP contribution in [0.2, 0.25) is 0 Å². The first-order valence-electron chi connectivity index (χ1n) is 6.79. The van der Waals surface area contributed by atoms with Gasteiger partial charge in [0.15, 0.2) is 0 Å². The minimum atomic E-state index is -0.215. The summed E-state index contributed by atoms with van der Waals surface area (Å²) < 4.78 is 0. The topological polar surface area (TPSA) is 74.2 Å². The lowest BCUT2D eigenvalue weighted by Crippen LogP contribution is -2.38. The molecule has 0 saturated heterocycles. The number of phenolic OH excluding ortho intramolecular Hbond substituents is 1. The number of benzene rings is 1. The van der Waals surface area contributed by atoms with Crippen LogP contribution >= 0.6 is 11.3 Å². The number of thiazole rings is 1. The van der Waals surface area contributed by atoms with E-state index < -0.39 is 0 Å². The Morgan fingerprint density at radius 1 is 1.48 bits per heavy atom. The molecule has 1 aromatic carbocycles. The molecule has 3 N–H and O–H groups in total. The van der Waals surface area contributed by atoms with Crippen LogP contribution in [-0.2, 0) is 6.42 Å². The number of amides is 2. The van der Waals surface area contributed by atoms with E-state index in [1.165, 1.54) is 0 Å². The summed E-state index contributed by atoms with van der Waals surface area (Å²) in [5.74, 6) is 0.240. The Morgan fingerprint density at radius 3 is 2.95 bits per heavy atom. The van der Waals surface area contributed by atoms with Crippen molar-refractivity contribution in [1.82, 2.24) is 15.6 Å². The van der Waals surface area contributed by atoms with Crippen molar-refractivity contribution in [2.24, 2.45) is 0 Å². The van der Waals surface area contributed by atoms with Gasteiger partial charge in [0, 0.05) is 11.9 Å². The van der Waals surface area contributed by atoms with Gasteiger partial charge in [0.25, 0.3) is 0 Å². The van der Waals surface area contributed by atoms with Crippen LogP contribution in [0, 0.1) is 6.92 Å². The molecule has 0 saturated carbocycles. The molecule has 2 amide bonds. The van der Waals surface area contributed by atoms with E-state index in [-0.39, 0.29) is 17.8 Å². The smallest absolute Gasteiger partial charge is 0.315 e. The number of hydrogen-bond acceptors (Lipinski definition) is 4. The van der Waals surface area contributed by atoms with Crippen molar-refractivity contribution in [2.75, 3.05) is 6.54 Å². The van der Waals surface area contributed by atoms with Gasteiger partial charge >= 0.3 is 6.03 Å². The van der Waals surface area contributed by atoms with Crippen molar-refractivity contribution in [2.45, 2.75) is 26.3 Å². The monoisotopic (exact) mass is 305 g/mol. The number of aryl methyl sites for hydroxylation is 1. The molecule has 0 unspecified atom stereocenters. The minimum Gasteiger partial charge on any atom is -0.508 e. The molecule has 0 aliphatic rings. The molecule has 6 heteroatoms. The van der Waals surface area contributed by atoms with Crippen LogP contribution in [0.25, 0.3) is 0 Å². The van der Waals surface area contributed by atoms with Gasteiger partial charge in [-0.2, -0.15) is 0 Å². The third-order valence-corrected chi connectivity index (χ3v) is 3.83. The number of phenols is 1. The highest BCUT2D eigenvalue weighted by atomic mass is 32.1. The van der Waals surface area contributed by atoms with Crippen molar-refractivity contribution in [3.05, 3.63) is 45.9 Å². The quantitative estimate of drug-likeness (QED) is 0.795. The second kappa shape index (κ2) is 7.08. The summed E-state index contributed by atoms with van der Waals surface area (Å²) in [5, 5.41) is 18.0. The molecule has 1 aromatic heterocycles. The largest absolute Gasteiger partial charge is 0.508 e.